The van der Waals surface area contributed by atoms with Crippen molar-refractivity contribution >= 4 is 11.7 Å². The Morgan fingerprint density at radius 2 is 1.86 bits per heavy atom. The minimum Gasteiger partial charge on any atom is -0.462 e. The van der Waals surface area contributed by atoms with Crippen LogP contribution in [-0.2, 0) is 4.74 Å². The number of hydrogen-bond acceptors (Lipinski definition) is 5. The molecule has 0 aliphatic carbocycles. The smallest absolute Gasteiger partial charge is 0.340 e. The highest BCUT2D eigenvalue weighted by atomic mass is 16.6. The van der Waals surface area contributed by atoms with Crippen molar-refractivity contribution in [1.82, 2.24) is 4.98 Å². The maximum absolute atomic E-state index is 12.3. The number of rotatable bonds is 4. The summed E-state index contributed by atoms with van der Waals surface area (Å²) in [6, 6.07) is 8.78. The minimum absolute atomic E-state index is 0.144. The summed E-state index contributed by atoms with van der Waals surface area (Å²) in [6.45, 7) is 5.08. The van der Waals surface area contributed by atoms with E-state index in [4.69, 9.17) is 4.74 Å². The van der Waals surface area contributed by atoms with E-state index >= 15 is 0 Å². The first kappa shape index (κ1) is 15.6. The van der Waals surface area contributed by atoms with Gasteiger partial charge in [0.15, 0.2) is 0 Å². The second-order valence-electron chi connectivity index (χ2n) is 4.72. The van der Waals surface area contributed by atoms with Gasteiger partial charge in [-0.1, -0.05) is 30.3 Å². The van der Waals surface area contributed by atoms with Crippen molar-refractivity contribution in [2.24, 2.45) is 0 Å². The molecule has 0 spiro atoms. The van der Waals surface area contributed by atoms with E-state index in [2.05, 4.69) is 4.98 Å². The van der Waals surface area contributed by atoms with Crippen molar-refractivity contribution in [2.75, 3.05) is 6.61 Å². The van der Waals surface area contributed by atoms with Crippen LogP contribution >= 0.6 is 0 Å². The monoisotopic (exact) mass is 300 g/mol. The Labute approximate surface area is 127 Å². The Bertz CT molecular complexity index is 727. The Hall–Kier alpha value is -2.76. The SMILES string of the molecule is CCOC(=O)c1c(C)nc(C)c([N+](=O)[O-])c1-c1ccccc1. The molecule has 6 nitrogen and oxygen atoms in total. The predicted molar refractivity (Wildman–Crippen MR) is 81.8 cm³/mol. The van der Waals surface area contributed by atoms with E-state index in [9.17, 15) is 14.9 Å². The average Bonchev–Trinajstić information content (AvgIpc) is 2.47. The number of hydrogen-bond donors (Lipinski definition) is 0. The third kappa shape index (κ3) is 2.81. The standard InChI is InChI=1S/C16H16N2O4/c1-4-22-16(19)13-10(2)17-11(3)15(18(20)21)14(13)12-8-6-5-7-9-12/h5-9H,4H2,1-3H3. The fraction of sp³-hybridized carbons (Fsp3) is 0.250. The second kappa shape index (κ2) is 6.34. The summed E-state index contributed by atoms with van der Waals surface area (Å²) >= 11 is 0. The molecule has 0 radical (unpaired) electrons. The fourth-order valence-corrected chi connectivity index (χ4v) is 2.40. The fourth-order valence-electron chi connectivity index (χ4n) is 2.40. The van der Waals surface area contributed by atoms with Crippen molar-refractivity contribution < 1.29 is 14.5 Å². The van der Waals surface area contributed by atoms with Crippen LogP contribution in [-0.4, -0.2) is 22.5 Å². The number of benzene rings is 1. The van der Waals surface area contributed by atoms with Crippen LogP contribution in [0.4, 0.5) is 5.69 Å². The Morgan fingerprint density at radius 3 is 2.41 bits per heavy atom. The van der Waals surface area contributed by atoms with Gasteiger partial charge in [-0.15, -0.1) is 0 Å². The summed E-state index contributed by atoms with van der Waals surface area (Å²) in [5.74, 6) is -0.602. The number of ether oxygens (including phenoxy) is 1. The van der Waals surface area contributed by atoms with E-state index in [0.29, 0.717) is 11.3 Å². The molecule has 0 amide bonds. The second-order valence-corrected chi connectivity index (χ2v) is 4.72. The largest absolute Gasteiger partial charge is 0.462 e. The van der Waals surface area contributed by atoms with E-state index in [0.717, 1.165) is 0 Å². The van der Waals surface area contributed by atoms with Gasteiger partial charge >= 0.3 is 5.97 Å². The van der Waals surface area contributed by atoms with Gasteiger partial charge < -0.3 is 4.74 Å². The molecule has 0 N–H and O–H groups in total. The van der Waals surface area contributed by atoms with Gasteiger partial charge in [0.2, 0.25) is 0 Å². The molecule has 22 heavy (non-hydrogen) atoms. The molecule has 1 aromatic carbocycles. The summed E-state index contributed by atoms with van der Waals surface area (Å²) in [7, 11) is 0. The Balaban J connectivity index is 2.85. The molecule has 0 saturated heterocycles. The first-order chi connectivity index (χ1) is 10.5. The molecule has 0 fully saturated rings. The highest BCUT2D eigenvalue weighted by Gasteiger charge is 2.29. The molecule has 0 unspecified atom stereocenters. The van der Waals surface area contributed by atoms with Crippen molar-refractivity contribution in [3.8, 4) is 11.1 Å². The summed E-state index contributed by atoms with van der Waals surface area (Å²) in [6.07, 6.45) is 0. The quantitative estimate of drug-likeness (QED) is 0.490. The lowest BCUT2D eigenvalue weighted by atomic mass is 9.96. The number of carbonyl (C=O) groups is 1. The number of carbonyl (C=O) groups excluding carboxylic acids is 1. The van der Waals surface area contributed by atoms with Crippen LogP contribution < -0.4 is 0 Å². The van der Waals surface area contributed by atoms with E-state index in [1.54, 1.807) is 51.1 Å². The number of aromatic nitrogens is 1. The summed E-state index contributed by atoms with van der Waals surface area (Å²) in [5.41, 5.74) is 1.51. The highest BCUT2D eigenvalue weighted by Crippen LogP contribution is 2.36. The lowest BCUT2D eigenvalue weighted by molar-refractivity contribution is -0.385. The van der Waals surface area contributed by atoms with Gasteiger partial charge in [-0.2, -0.15) is 0 Å². The van der Waals surface area contributed by atoms with Crippen LogP contribution in [0.5, 0.6) is 0 Å². The molecule has 0 atom stereocenters. The van der Waals surface area contributed by atoms with Crippen molar-refractivity contribution in [3.63, 3.8) is 0 Å². The first-order valence-corrected chi connectivity index (χ1v) is 6.85. The van der Waals surface area contributed by atoms with Gasteiger partial charge in [-0.3, -0.25) is 15.1 Å². The zero-order valence-corrected chi connectivity index (χ0v) is 12.6. The molecule has 1 heterocycles. The maximum Gasteiger partial charge on any atom is 0.340 e. The topological polar surface area (TPSA) is 82.3 Å². The number of esters is 1. The zero-order chi connectivity index (χ0) is 16.3. The van der Waals surface area contributed by atoms with E-state index in [-0.39, 0.29) is 29.1 Å². The predicted octanol–water partition coefficient (Wildman–Crippen LogP) is 3.45. The van der Waals surface area contributed by atoms with Crippen molar-refractivity contribution in [2.45, 2.75) is 20.8 Å². The highest BCUT2D eigenvalue weighted by molar-refractivity contribution is 6.01. The number of aryl methyl sites for hydroxylation is 2. The van der Waals surface area contributed by atoms with E-state index in [1.807, 2.05) is 0 Å². The van der Waals surface area contributed by atoms with Gasteiger partial charge in [0, 0.05) is 0 Å². The van der Waals surface area contributed by atoms with Crippen LogP contribution in [0.15, 0.2) is 30.3 Å². The molecule has 0 aliphatic rings. The number of nitrogens with zero attached hydrogens (tertiary/aromatic N) is 2. The molecule has 1 aromatic heterocycles. The van der Waals surface area contributed by atoms with Crippen LogP contribution in [0.2, 0.25) is 0 Å². The zero-order valence-electron chi connectivity index (χ0n) is 12.6. The Kier molecular flexibility index (Phi) is 4.50. The van der Waals surface area contributed by atoms with Crippen molar-refractivity contribution in [1.29, 1.82) is 0 Å². The van der Waals surface area contributed by atoms with Gasteiger partial charge in [0.1, 0.15) is 5.69 Å². The molecule has 0 aliphatic heterocycles. The summed E-state index contributed by atoms with van der Waals surface area (Å²) in [5, 5.41) is 11.5. The van der Waals surface area contributed by atoms with Gasteiger partial charge in [0.05, 0.1) is 28.4 Å². The number of nitro groups is 1. The normalized spacial score (nSPS) is 10.3. The third-order valence-electron chi connectivity index (χ3n) is 3.25. The van der Waals surface area contributed by atoms with Crippen LogP contribution in [0.1, 0.15) is 28.7 Å². The van der Waals surface area contributed by atoms with Crippen LogP contribution in [0.25, 0.3) is 11.1 Å². The third-order valence-corrected chi connectivity index (χ3v) is 3.25. The molecular weight excluding hydrogens is 284 g/mol. The average molecular weight is 300 g/mol. The van der Waals surface area contributed by atoms with E-state index in [1.165, 1.54) is 0 Å². The summed E-state index contributed by atoms with van der Waals surface area (Å²) < 4.78 is 5.04. The maximum atomic E-state index is 12.3. The lowest BCUT2D eigenvalue weighted by Gasteiger charge is -2.13. The summed E-state index contributed by atoms with van der Waals surface area (Å²) in [4.78, 5) is 27.4. The molecule has 2 aromatic rings. The van der Waals surface area contributed by atoms with Crippen LogP contribution in [0, 0.1) is 24.0 Å². The Morgan fingerprint density at radius 1 is 1.23 bits per heavy atom. The molecule has 0 bridgehead atoms. The lowest BCUT2D eigenvalue weighted by Crippen LogP contribution is -2.13. The first-order valence-electron chi connectivity index (χ1n) is 6.85. The molecule has 2 rings (SSSR count). The molecular formula is C16H16N2O4. The van der Waals surface area contributed by atoms with Crippen molar-refractivity contribution in [3.05, 3.63) is 57.4 Å². The van der Waals surface area contributed by atoms with E-state index < -0.39 is 10.9 Å². The number of pyridine rings is 1. The van der Waals surface area contributed by atoms with Gasteiger partial charge in [-0.05, 0) is 26.3 Å². The van der Waals surface area contributed by atoms with Gasteiger partial charge in [0.25, 0.3) is 5.69 Å². The molecule has 114 valence electrons. The van der Waals surface area contributed by atoms with Gasteiger partial charge in [-0.25, -0.2) is 4.79 Å². The molecule has 6 heteroatoms. The minimum atomic E-state index is -0.602. The molecule has 0 saturated carbocycles. The van der Waals surface area contributed by atoms with Crippen LogP contribution in [0.3, 0.4) is 0 Å².